The van der Waals surface area contributed by atoms with E-state index in [1.54, 1.807) is 6.07 Å². The summed E-state index contributed by atoms with van der Waals surface area (Å²) in [6.07, 6.45) is 6.11. The molecule has 0 unspecified atom stereocenters. The van der Waals surface area contributed by atoms with E-state index in [4.69, 9.17) is 21.1 Å². The standard InChI is InChI=1S/C17H19ClN2O4/c18-14-10-12-9-13-3-1-2-4-17(13,19-5-7-23-8-6-19)24-16(12)15(11-14)20(21)22/h9-11H,1-8H2/p+1/t17-/m1/s1. The van der Waals surface area contributed by atoms with Crippen LogP contribution in [0.4, 0.5) is 5.69 Å². The monoisotopic (exact) mass is 351 g/mol. The molecule has 128 valence electrons. The Labute approximate surface area is 145 Å². The maximum absolute atomic E-state index is 11.5. The Morgan fingerprint density at radius 1 is 1.25 bits per heavy atom. The third kappa shape index (κ3) is 2.49. The van der Waals surface area contributed by atoms with Gasteiger partial charge in [-0.3, -0.25) is 15.0 Å². The molecule has 7 heteroatoms. The minimum absolute atomic E-state index is 0.0505. The molecule has 1 aromatic carbocycles. The lowest BCUT2D eigenvalue weighted by Gasteiger charge is -2.47. The van der Waals surface area contributed by atoms with Gasteiger partial charge in [0.05, 0.1) is 18.1 Å². The Morgan fingerprint density at radius 2 is 2.04 bits per heavy atom. The summed E-state index contributed by atoms with van der Waals surface area (Å²) in [5.41, 5.74) is 1.41. The van der Waals surface area contributed by atoms with E-state index in [-0.39, 0.29) is 5.69 Å². The van der Waals surface area contributed by atoms with Gasteiger partial charge in [-0.2, -0.15) is 0 Å². The van der Waals surface area contributed by atoms with Gasteiger partial charge in [0.15, 0.2) is 0 Å². The van der Waals surface area contributed by atoms with E-state index in [0.717, 1.165) is 44.3 Å². The van der Waals surface area contributed by atoms with Gasteiger partial charge in [-0.1, -0.05) is 11.6 Å². The highest BCUT2D eigenvalue weighted by Crippen LogP contribution is 2.45. The average molecular weight is 352 g/mol. The number of nitrogens with zero attached hydrogens (tertiary/aromatic N) is 1. The van der Waals surface area contributed by atoms with E-state index >= 15 is 0 Å². The van der Waals surface area contributed by atoms with Crippen molar-refractivity contribution in [1.82, 2.24) is 0 Å². The molecule has 2 heterocycles. The van der Waals surface area contributed by atoms with Crippen LogP contribution in [0.25, 0.3) is 6.08 Å². The van der Waals surface area contributed by atoms with Crippen LogP contribution < -0.4 is 9.64 Å². The second-order valence-electron chi connectivity index (χ2n) is 6.62. The molecule has 0 aromatic heterocycles. The Morgan fingerprint density at radius 3 is 2.79 bits per heavy atom. The van der Waals surface area contributed by atoms with E-state index in [1.807, 2.05) is 0 Å². The molecule has 0 radical (unpaired) electrons. The van der Waals surface area contributed by atoms with Gasteiger partial charge >= 0.3 is 5.69 Å². The molecule has 0 amide bonds. The number of nitro benzene ring substituents is 1. The zero-order valence-electron chi connectivity index (χ0n) is 13.3. The summed E-state index contributed by atoms with van der Waals surface area (Å²) in [6.45, 7) is 3.11. The molecule has 1 saturated carbocycles. The number of morpholine rings is 1. The highest BCUT2D eigenvalue weighted by Gasteiger charge is 2.51. The third-order valence-electron chi connectivity index (χ3n) is 5.28. The molecule has 6 nitrogen and oxygen atoms in total. The van der Waals surface area contributed by atoms with E-state index in [1.165, 1.54) is 16.5 Å². The zero-order valence-corrected chi connectivity index (χ0v) is 14.1. The van der Waals surface area contributed by atoms with Crippen LogP contribution in [-0.2, 0) is 4.74 Å². The highest BCUT2D eigenvalue weighted by molar-refractivity contribution is 6.31. The van der Waals surface area contributed by atoms with Crippen LogP contribution in [0.2, 0.25) is 5.02 Å². The summed E-state index contributed by atoms with van der Waals surface area (Å²) in [7, 11) is 0. The predicted octanol–water partition coefficient (Wildman–Crippen LogP) is 2.21. The minimum atomic E-state index is -0.492. The normalized spacial score (nSPS) is 26.8. The SMILES string of the molecule is O=[N+]([O-])c1cc(Cl)cc2c1O[C@]1([NH+]3CCOCC3)CCCCC1=C2. The van der Waals surface area contributed by atoms with Gasteiger partial charge in [-0.05, 0) is 31.4 Å². The first-order valence-electron chi connectivity index (χ1n) is 8.41. The molecule has 0 bridgehead atoms. The topological polar surface area (TPSA) is 66.0 Å². The maximum atomic E-state index is 11.5. The number of benzene rings is 1. The number of quaternary nitrogens is 1. The lowest BCUT2D eigenvalue weighted by molar-refractivity contribution is -0.975. The Hall–Kier alpha value is -1.63. The number of hydrogen-bond acceptors (Lipinski definition) is 4. The number of hydrogen-bond donors (Lipinski definition) is 1. The van der Waals surface area contributed by atoms with Crippen molar-refractivity contribution in [2.75, 3.05) is 26.3 Å². The van der Waals surface area contributed by atoms with Crippen molar-refractivity contribution in [2.45, 2.75) is 31.4 Å². The molecule has 3 aliphatic rings. The van der Waals surface area contributed by atoms with Crippen molar-refractivity contribution >= 4 is 23.4 Å². The van der Waals surface area contributed by atoms with Gasteiger partial charge in [0.1, 0.15) is 13.1 Å². The van der Waals surface area contributed by atoms with Crippen molar-refractivity contribution in [2.24, 2.45) is 0 Å². The van der Waals surface area contributed by atoms with Gasteiger partial charge in [-0.25, -0.2) is 0 Å². The summed E-state index contributed by atoms with van der Waals surface area (Å²) in [5, 5.41) is 11.8. The molecule has 2 fully saturated rings. The van der Waals surface area contributed by atoms with Crippen LogP contribution in [0, 0.1) is 10.1 Å². The molecule has 1 saturated heterocycles. The van der Waals surface area contributed by atoms with Crippen LogP contribution in [0.15, 0.2) is 17.7 Å². The highest BCUT2D eigenvalue weighted by atomic mass is 35.5. The lowest BCUT2D eigenvalue weighted by Crippen LogP contribution is -3.23. The molecule has 1 aromatic rings. The van der Waals surface area contributed by atoms with Crippen LogP contribution >= 0.6 is 11.6 Å². The van der Waals surface area contributed by atoms with Gasteiger partial charge < -0.3 is 9.47 Å². The first-order valence-corrected chi connectivity index (χ1v) is 8.79. The van der Waals surface area contributed by atoms with Crippen molar-refractivity contribution in [3.8, 4) is 5.75 Å². The summed E-state index contributed by atoms with van der Waals surface area (Å²) in [5.74, 6) is 0.356. The number of fused-ring (bicyclic) bond motifs is 2. The zero-order chi connectivity index (χ0) is 16.7. The van der Waals surface area contributed by atoms with Crippen LogP contribution in [-0.4, -0.2) is 37.0 Å². The van der Waals surface area contributed by atoms with E-state index in [2.05, 4.69) is 6.08 Å². The first-order chi connectivity index (χ1) is 11.6. The second kappa shape index (κ2) is 6.02. The van der Waals surface area contributed by atoms with E-state index in [0.29, 0.717) is 24.0 Å². The number of rotatable bonds is 2. The van der Waals surface area contributed by atoms with Gasteiger partial charge in [0.2, 0.25) is 5.75 Å². The summed E-state index contributed by atoms with van der Waals surface area (Å²) < 4.78 is 11.9. The van der Waals surface area contributed by atoms with E-state index in [9.17, 15) is 10.1 Å². The fraction of sp³-hybridized carbons (Fsp3) is 0.529. The molecule has 24 heavy (non-hydrogen) atoms. The largest absolute Gasteiger partial charge is 0.429 e. The molecular weight excluding hydrogens is 332 g/mol. The lowest BCUT2D eigenvalue weighted by atomic mass is 9.82. The average Bonchev–Trinajstić information content (AvgIpc) is 2.60. The Balaban J connectivity index is 1.84. The van der Waals surface area contributed by atoms with Crippen LogP contribution in [0.3, 0.4) is 0 Å². The molecule has 2 aliphatic heterocycles. The molecule has 4 rings (SSSR count). The molecule has 1 N–H and O–H groups in total. The minimum Gasteiger partial charge on any atom is -0.429 e. The maximum Gasteiger partial charge on any atom is 0.313 e. The summed E-state index contributed by atoms with van der Waals surface area (Å²) >= 11 is 6.07. The first kappa shape index (κ1) is 15.9. The number of nitrogens with one attached hydrogen (secondary N) is 1. The van der Waals surface area contributed by atoms with Crippen molar-refractivity contribution in [3.05, 3.63) is 38.4 Å². The van der Waals surface area contributed by atoms with Crippen molar-refractivity contribution in [3.63, 3.8) is 0 Å². The number of halogens is 1. The van der Waals surface area contributed by atoms with Gasteiger partial charge in [0.25, 0.3) is 5.72 Å². The predicted molar refractivity (Wildman–Crippen MR) is 89.4 cm³/mol. The van der Waals surface area contributed by atoms with E-state index < -0.39 is 10.6 Å². The Kier molecular flexibility index (Phi) is 3.98. The fourth-order valence-corrected chi connectivity index (χ4v) is 4.39. The summed E-state index contributed by atoms with van der Waals surface area (Å²) in [6, 6.07) is 3.13. The molecule has 1 aliphatic carbocycles. The second-order valence-corrected chi connectivity index (χ2v) is 7.06. The summed E-state index contributed by atoms with van der Waals surface area (Å²) in [4.78, 5) is 12.4. The molecule has 1 atom stereocenters. The Bertz CT molecular complexity index is 715. The van der Waals surface area contributed by atoms with Gasteiger partial charge in [-0.15, -0.1) is 0 Å². The molecular formula is C17H20ClN2O4+. The number of nitro groups is 1. The smallest absolute Gasteiger partial charge is 0.313 e. The van der Waals surface area contributed by atoms with Crippen LogP contribution in [0.5, 0.6) is 5.75 Å². The van der Waals surface area contributed by atoms with Crippen LogP contribution in [0.1, 0.15) is 31.2 Å². The fourth-order valence-electron chi connectivity index (χ4n) is 4.17. The van der Waals surface area contributed by atoms with Crippen molar-refractivity contribution < 1.29 is 19.3 Å². The molecule has 0 spiro atoms. The number of ether oxygens (including phenoxy) is 2. The third-order valence-corrected chi connectivity index (χ3v) is 5.49. The van der Waals surface area contributed by atoms with Crippen molar-refractivity contribution in [1.29, 1.82) is 0 Å². The quantitative estimate of drug-likeness (QED) is 0.655. The van der Waals surface area contributed by atoms with Gasteiger partial charge in [0, 0.05) is 28.6 Å².